The van der Waals surface area contributed by atoms with Crippen LogP contribution in [0.15, 0.2) is 64.4 Å². The lowest BCUT2D eigenvalue weighted by Gasteiger charge is -2.24. The Morgan fingerprint density at radius 3 is 2.26 bits per heavy atom. The Bertz CT molecular complexity index is 1480. The lowest BCUT2D eigenvalue weighted by atomic mass is 10.0. The number of methoxy groups -OCH3 is 1. The number of hydrogen-bond acceptors (Lipinski definition) is 5. The molecule has 0 spiro atoms. The lowest BCUT2D eigenvalue weighted by Crippen LogP contribution is -2.38. The molecule has 2 heterocycles. The van der Waals surface area contributed by atoms with Crippen molar-refractivity contribution in [1.29, 1.82) is 0 Å². The van der Waals surface area contributed by atoms with Crippen molar-refractivity contribution >= 4 is 22.8 Å². The molecular formula is C26H29N5O4. The molecule has 0 saturated heterocycles. The molecule has 35 heavy (non-hydrogen) atoms. The van der Waals surface area contributed by atoms with Gasteiger partial charge in [0.05, 0.1) is 20.0 Å². The highest BCUT2D eigenvalue weighted by molar-refractivity contribution is 5.94. The third kappa shape index (κ3) is 4.62. The largest absolute Gasteiger partial charge is 0.497 e. The molecule has 0 atom stereocenters. The third-order valence-electron chi connectivity index (χ3n) is 6.20. The van der Waals surface area contributed by atoms with Crippen LogP contribution in [0.2, 0.25) is 0 Å². The van der Waals surface area contributed by atoms with Crippen LogP contribution in [-0.2, 0) is 32.0 Å². The Morgan fingerprint density at radius 1 is 1.00 bits per heavy atom. The van der Waals surface area contributed by atoms with Crippen molar-refractivity contribution in [1.82, 2.24) is 18.7 Å². The fourth-order valence-electron chi connectivity index (χ4n) is 4.02. The summed E-state index contributed by atoms with van der Waals surface area (Å²) >= 11 is 0. The summed E-state index contributed by atoms with van der Waals surface area (Å²) in [6.45, 7) is 4.52. The minimum Gasteiger partial charge on any atom is -0.497 e. The molecule has 4 rings (SSSR count). The van der Waals surface area contributed by atoms with E-state index in [9.17, 15) is 14.4 Å². The molecule has 2 aromatic heterocycles. The highest BCUT2D eigenvalue weighted by Gasteiger charge is 2.21. The van der Waals surface area contributed by atoms with Gasteiger partial charge in [-0.1, -0.05) is 38.1 Å². The van der Waals surface area contributed by atoms with Gasteiger partial charge in [-0.3, -0.25) is 18.7 Å². The first-order valence-corrected chi connectivity index (χ1v) is 11.4. The van der Waals surface area contributed by atoms with Crippen molar-refractivity contribution in [3.8, 4) is 5.75 Å². The number of aromatic nitrogens is 4. The van der Waals surface area contributed by atoms with Crippen molar-refractivity contribution in [2.24, 2.45) is 14.1 Å². The van der Waals surface area contributed by atoms with Gasteiger partial charge in [-0.15, -0.1) is 0 Å². The van der Waals surface area contributed by atoms with E-state index in [1.807, 2.05) is 24.3 Å². The number of nitrogens with zero attached hydrogens (tertiary/aromatic N) is 5. The van der Waals surface area contributed by atoms with Crippen LogP contribution in [0.1, 0.15) is 30.9 Å². The van der Waals surface area contributed by atoms with Crippen molar-refractivity contribution in [3.63, 3.8) is 0 Å². The Hall–Kier alpha value is -4.14. The van der Waals surface area contributed by atoms with Gasteiger partial charge >= 0.3 is 5.69 Å². The highest BCUT2D eigenvalue weighted by atomic mass is 16.5. The minimum absolute atomic E-state index is 0.111. The van der Waals surface area contributed by atoms with Crippen LogP contribution in [0, 0.1) is 0 Å². The molecule has 2 aromatic carbocycles. The second kappa shape index (κ2) is 9.61. The maximum atomic E-state index is 13.6. The van der Waals surface area contributed by atoms with E-state index in [1.165, 1.54) is 28.1 Å². The maximum absolute atomic E-state index is 13.6. The number of ether oxygens (including phenoxy) is 1. The quantitative estimate of drug-likeness (QED) is 0.410. The second-order valence-electron chi connectivity index (χ2n) is 8.82. The van der Waals surface area contributed by atoms with Gasteiger partial charge in [-0.25, -0.2) is 9.78 Å². The summed E-state index contributed by atoms with van der Waals surface area (Å²) < 4.78 is 9.08. The monoisotopic (exact) mass is 475 g/mol. The van der Waals surface area contributed by atoms with Crippen molar-refractivity contribution in [3.05, 3.63) is 86.8 Å². The molecule has 4 aromatic rings. The predicted molar refractivity (Wildman–Crippen MR) is 135 cm³/mol. The molecule has 0 aliphatic carbocycles. The molecule has 0 saturated carbocycles. The van der Waals surface area contributed by atoms with Crippen LogP contribution in [0.3, 0.4) is 0 Å². The average Bonchev–Trinajstić information content (AvgIpc) is 3.28. The fraction of sp³-hybridized carbons (Fsp3) is 0.308. The van der Waals surface area contributed by atoms with E-state index >= 15 is 0 Å². The standard InChI is InChI=1S/C26H29N5O4/c1-17(2)19-8-6-18(7-9-19)14-31(20-10-12-21(35-5)13-11-20)22(32)15-30-16-27-24-23(30)25(33)29(4)26(34)28(24)3/h6-13,16-17H,14-15H2,1-5H3. The molecule has 0 fully saturated rings. The van der Waals surface area contributed by atoms with Gasteiger partial charge in [0.1, 0.15) is 12.3 Å². The molecule has 0 aliphatic heterocycles. The predicted octanol–water partition coefficient (Wildman–Crippen LogP) is 2.80. The number of amides is 1. The zero-order valence-electron chi connectivity index (χ0n) is 20.6. The molecule has 1 amide bonds. The molecule has 0 unspecified atom stereocenters. The SMILES string of the molecule is COc1ccc(N(Cc2ccc(C(C)C)cc2)C(=O)Cn2cnc3c2c(=O)n(C)c(=O)n3C)cc1. The minimum atomic E-state index is -0.492. The number of aryl methyl sites for hydroxylation is 1. The topological polar surface area (TPSA) is 91.4 Å². The molecule has 0 bridgehead atoms. The number of anilines is 1. The third-order valence-corrected chi connectivity index (χ3v) is 6.20. The van der Waals surface area contributed by atoms with Crippen molar-refractivity contribution in [2.45, 2.75) is 32.9 Å². The summed E-state index contributed by atoms with van der Waals surface area (Å²) in [5, 5.41) is 0. The van der Waals surface area contributed by atoms with E-state index < -0.39 is 11.2 Å². The van der Waals surface area contributed by atoms with Gasteiger partial charge in [0, 0.05) is 19.8 Å². The number of imidazole rings is 1. The van der Waals surface area contributed by atoms with Crippen LogP contribution in [-0.4, -0.2) is 31.7 Å². The Balaban J connectivity index is 1.71. The molecule has 9 heteroatoms. The first-order valence-electron chi connectivity index (χ1n) is 11.4. The fourth-order valence-corrected chi connectivity index (χ4v) is 4.02. The Morgan fingerprint density at radius 2 is 1.66 bits per heavy atom. The number of rotatable bonds is 7. The van der Waals surface area contributed by atoms with Crippen LogP contribution < -0.4 is 20.9 Å². The summed E-state index contributed by atoms with van der Waals surface area (Å²) in [5.74, 6) is 0.877. The van der Waals surface area contributed by atoms with Crippen molar-refractivity contribution in [2.75, 3.05) is 12.0 Å². The number of carbonyl (C=O) groups is 1. The van der Waals surface area contributed by atoms with Gasteiger partial charge in [-0.05, 0) is 41.3 Å². The maximum Gasteiger partial charge on any atom is 0.332 e. The first kappa shape index (κ1) is 24.0. The first-order chi connectivity index (χ1) is 16.7. The van der Waals surface area contributed by atoms with Gasteiger partial charge < -0.3 is 14.2 Å². The van der Waals surface area contributed by atoms with Crippen LogP contribution in [0.25, 0.3) is 11.2 Å². The van der Waals surface area contributed by atoms with Crippen LogP contribution in [0.5, 0.6) is 5.75 Å². The summed E-state index contributed by atoms with van der Waals surface area (Å²) in [6.07, 6.45) is 1.42. The molecule has 182 valence electrons. The normalized spacial score (nSPS) is 11.3. The van der Waals surface area contributed by atoms with E-state index in [0.29, 0.717) is 23.9 Å². The highest BCUT2D eigenvalue weighted by Crippen LogP contribution is 2.23. The van der Waals surface area contributed by atoms with E-state index in [2.05, 4.69) is 31.0 Å². The summed E-state index contributed by atoms with van der Waals surface area (Å²) in [5.41, 5.74) is 2.39. The van der Waals surface area contributed by atoms with Crippen LogP contribution >= 0.6 is 0 Å². The number of hydrogen-bond donors (Lipinski definition) is 0. The number of benzene rings is 2. The Kier molecular flexibility index (Phi) is 6.59. The lowest BCUT2D eigenvalue weighted by molar-refractivity contribution is -0.119. The molecule has 0 radical (unpaired) electrons. The Labute approximate surface area is 202 Å². The molecule has 9 nitrogen and oxygen atoms in total. The zero-order valence-corrected chi connectivity index (χ0v) is 20.6. The second-order valence-corrected chi connectivity index (χ2v) is 8.82. The van der Waals surface area contributed by atoms with Gasteiger partial charge in [0.25, 0.3) is 5.56 Å². The number of fused-ring (bicyclic) bond motifs is 1. The average molecular weight is 476 g/mol. The molecular weight excluding hydrogens is 446 g/mol. The van der Waals surface area contributed by atoms with E-state index in [-0.39, 0.29) is 23.6 Å². The van der Waals surface area contributed by atoms with E-state index in [0.717, 1.165) is 10.1 Å². The zero-order chi connectivity index (χ0) is 25.3. The summed E-state index contributed by atoms with van der Waals surface area (Å²) in [4.78, 5) is 44.5. The summed E-state index contributed by atoms with van der Waals surface area (Å²) in [6, 6.07) is 15.5. The van der Waals surface area contributed by atoms with Gasteiger partial charge in [0.2, 0.25) is 5.91 Å². The smallest absolute Gasteiger partial charge is 0.332 e. The summed E-state index contributed by atoms with van der Waals surface area (Å²) in [7, 11) is 4.55. The van der Waals surface area contributed by atoms with E-state index in [4.69, 9.17) is 4.74 Å². The number of carbonyl (C=O) groups excluding carboxylic acids is 1. The van der Waals surface area contributed by atoms with E-state index in [1.54, 1.807) is 31.2 Å². The van der Waals surface area contributed by atoms with Crippen molar-refractivity contribution < 1.29 is 9.53 Å². The van der Waals surface area contributed by atoms with Gasteiger partial charge in [0.15, 0.2) is 11.2 Å². The molecule has 0 aliphatic rings. The van der Waals surface area contributed by atoms with Gasteiger partial charge in [-0.2, -0.15) is 0 Å². The molecule has 0 N–H and O–H groups in total. The van der Waals surface area contributed by atoms with Crippen LogP contribution in [0.4, 0.5) is 5.69 Å².